The molecule has 0 aliphatic carbocycles. The fraction of sp³-hybridized carbons (Fsp3) is 0.462. The van der Waals surface area contributed by atoms with Crippen molar-refractivity contribution in [2.24, 2.45) is 5.73 Å². The summed E-state index contributed by atoms with van der Waals surface area (Å²) in [4.78, 5) is 11.6. The van der Waals surface area contributed by atoms with Crippen molar-refractivity contribution >= 4 is 5.91 Å². The van der Waals surface area contributed by atoms with Gasteiger partial charge in [-0.2, -0.15) is 0 Å². The summed E-state index contributed by atoms with van der Waals surface area (Å²) in [5.74, 6) is 1.29. The molecule has 0 spiro atoms. The Morgan fingerprint density at radius 3 is 2.67 bits per heavy atom. The van der Waals surface area contributed by atoms with Gasteiger partial charge in [0, 0.05) is 6.54 Å². The first-order valence-corrected chi connectivity index (χ1v) is 5.92. The highest BCUT2D eigenvalue weighted by Gasteiger charge is 2.21. The van der Waals surface area contributed by atoms with Crippen molar-refractivity contribution in [3.8, 4) is 11.5 Å². The summed E-state index contributed by atoms with van der Waals surface area (Å²) in [5.41, 5.74) is 5.79. The molecule has 1 heterocycles. The lowest BCUT2D eigenvalue weighted by Crippen LogP contribution is -2.48. The van der Waals surface area contributed by atoms with E-state index in [1.54, 1.807) is 13.8 Å². The van der Waals surface area contributed by atoms with Crippen LogP contribution in [0.3, 0.4) is 0 Å². The summed E-state index contributed by atoms with van der Waals surface area (Å²) in [5, 5.41) is 2.79. The minimum atomic E-state index is -0.867. The lowest BCUT2D eigenvalue weighted by Gasteiger charge is -2.20. The molecule has 0 bridgehead atoms. The summed E-state index contributed by atoms with van der Waals surface area (Å²) in [7, 11) is 0. The number of ether oxygens (including phenoxy) is 2. The van der Waals surface area contributed by atoms with E-state index in [1.807, 2.05) is 18.2 Å². The van der Waals surface area contributed by atoms with Crippen LogP contribution in [0.5, 0.6) is 11.5 Å². The summed E-state index contributed by atoms with van der Waals surface area (Å²) >= 11 is 0. The number of hydrogen-bond donors (Lipinski definition) is 2. The molecule has 5 heteroatoms. The van der Waals surface area contributed by atoms with E-state index < -0.39 is 5.54 Å². The lowest BCUT2D eigenvalue weighted by molar-refractivity contribution is -0.125. The van der Waals surface area contributed by atoms with E-state index in [9.17, 15) is 4.79 Å². The minimum absolute atomic E-state index is 0.183. The highest BCUT2D eigenvalue weighted by Crippen LogP contribution is 2.30. The number of nitrogens with one attached hydrogen (secondary N) is 1. The molecule has 0 saturated carbocycles. The molecule has 1 aliphatic rings. The zero-order chi connectivity index (χ0) is 13.2. The summed E-state index contributed by atoms with van der Waals surface area (Å²) in [6, 6.07) is 5.62. The number of fused-ring (bicyclic) bond motifs is 1. The summed E-state index contributed by atoms with van der Waals surface area (Å²) in [6.45, 7) is 4.90. The Labute approximate surface area is 106 Å². The Morgan fingerprint density at radius 1 is 1.33 bits per heavy atom. The van der Waals surface area contributed by atoms with Gasteiger partial charge in [-0.05, 0) is 31.5 Å². The van der Waals surface area contributed by atoms with Crippen LogP contribution in [0, 0.1) is 0 Å². The second-order valence-electron chi connectivity index (χ2n) is 4.88. The number of carbonyl (C=O) groups is 1. The Morgan fingerprint density at radius 2 is 2.00 bits per heavy atom. The van der Waals surface area contributed by atoms with Crippen LogP contribution in [-0.4, -0.2) is 24.7 Å². The molecule has 0 unspecified atom stereocenters. The molecule has 2 rings (SSSR count). The average Bonchev–Trinajstić information content (AvgIpc) is 2.34. The van der Waals surface area contributed by atoms with Gasteiger partial charge in [-0.25, -0.2) is 0 Å². The van der Waals surface area contributed by atoms with Crippen LogP contribution >= 0.6 is 0 Å². The third-order valence-corrected chi connectivity index (χ3v) is 2.64. The Balaban J connectivity index is 2.00. The van der Waals surface area contributed by atoms with Crippen molar-refractivity contribution in [1.29, 1.82) is 0 Å². The number of rotatable bonds is 3. The number of amides is 1. The normalized spacial score (nSPS) is 14.2. The molecule has 0 saturated heterocycles. The van der Waals surface area contributed by atoms with Crippen molar-refractivity contribution < 1.29 is 14.3 Å². The number of benzene rings is 1. The van der Waals surface area contributed by atoms with Gasteiger partial charge >= 0.3 is 0 Å². The number of carbonyl (C=O) groups excluding carboxylic acids is 1. The SMILES string of the molecule is CC(C)(N)C(=O)NCc1ccc2c(c1)OCCO2. The van der Waals surface area contributed by atoms with Gasteiger partial charge in [0.1, 0.15) is 13.2 Å². The molecule has 1 aliphatic heterocycles. The first kappa shape index (κ1) is 12.7. The highest BCUT2D eigenvalue weighted by atomic mass is 16.6. The van der Waals surface area contributed by atoms with Crippen LogP contribution in [-0.2, 0) is 11.3 Å². The summed E-state index contributed by atoms with van der Waals surface area (Å²) < 4.78 is 10.9. The zero-order valence-electron chi connectivity index (χ0n) is 10.7. The lowest BCUT2D eigenvalue weighted by atomic mass is 10.1. The van der Waals surface area contributed by atoms with Crippen molar-refractivity contribution in [3.05, 3.63) is 23.8 Å². The van der Waals surface area contributed by atoms with Crippen LogP contribution in [0.25, 0.3) is 0 Å². The van der Waals surface area contributed by atoms with Crippen LogP contribution < -0.4 is 20.5 Å². The molecular formula is C13H18N2O3. The molecule has 0 fully saturated rings. The topological polar surface area (TPSA) is 73.6 Å². The van der Waals surface area contributed by atoms with Gasteiger partial charge in [-0.1, -0.05) is 6.07 Å². The third kappa shape index (κ3) is 2.92. The van der Waals surface area contributed by atoms with Crippen molar-refractivity contribution in [3.63, 3.8) is 0 Å². The highest BCUT2D eigenvalue weighted by molar-refractivity contribution is 5.84. The molecule has 18 heavy (non-hydrogen) atoms. The van der Waals surface area contributed by atoms with E-state index in [0.29, 0.717) is 19.8 Å². The van der Waals surface area contributed by atoms with E-state index in [0.717, 1.165) is 17.1 Å². The molecule has 0 aromatic heterocycles. The Bertz CT molecular complexity index is 452. The molecular weight excluding hydrogens is 232 g/mol. The summed E-state index contributed by atoms with van der Waals surface area (Å²) in [6.07, 6.45) is 0. The van der Waals surface area contributed by atoms with Gasteiger partial charge in [0.15, 0.2) is 11.5 Å². The number of hydrogen-bond acceptors (Lipinski definition) is 4. The van der Waals surface area contributed by atoms with Crippen LogP contribution in [0.1, 0.15) is 19.4 Å². The fourth-order valence-electron chi connectivity index (χ4n) is 1.61. The van der Waals surface area contributed by atoms with Gasteiger partial charge in [0.2, 0.25) is 5.91 Å². The quantitative estimate of drug-likeness (QED) is 0.832. The monoisotopic (exact) mass is 250 g/mol. The van der Waals surface area contributed by atoms with Gasteiger partial charge in [-0.3, -0.25) is 4.79 Å². The van der Waals surface area contributed by atoms with Crippen molar-refractivity contribution in [2.45, 2.75) is 25.9 Å². The largest absolute Gasteiger partial charge is 0.486 e. The Hall–Kier alpha value is -1.75. The standard InChI is InChI=1S/C13H18N2O3/c1-13(2,14)12(16)15-8-9-3-4-10-11(7-9)18-6-5-17-10/h3-4,7H,5-6,8,14H2,1-2H3,(H,15,16). The van der Waals surface area contributed by atoms with Crippen LogP contribution in [0.15, 0.2) is 18.2 Å². The number of nitrogens with two attached hydrogens (primary N) is 1. The molecule has 3 N–H and O–H groups in total. The molecule has 0 atom stereocenters. The predicted molar refractivity (Wildman–Crippen MR) is 67.5 cm³/mol. The molecule has 5 nitrogen and oxygen atoms in total. The van der Waals surface area contributed by atoms with Gasteiger partial charge in [-0.15, -0.1) is 0 Å². The van der Waals surface area contributed by atoms with Crippen LogP contribution in [0.2, 0.25) is 0 Å². The van der Waals surface area contributed by atoms with E-state index in [1.165, 1.54) is 0 Å². The molecule has 0 radical (unpaired) electrons. The van der Waals surface area contributed by atoms with Crippen molar-refractivity contribution in [1.82, 2.24) is 5.32 Å². The Kier molecular flexibility index (Phi) is 3.43. The van der Waals surface area contributed by atoms with E-state index in [4.69, 9.17) is 15.2 Å². The average molecular weight is 250 g/mol. The predicted octanol–water partition coefficient (Wildman–Crippen LogP) is 0.811. The van der Waals surface area contributed by atoms with E-state index in [-0.39, 0.29) is 5.91 Å². The second kappa shape index (κ2) is 4.86. The van der Waals surface area contributed by atoms with Crippen LogP contribution in [0.4, 0.5) is 0 Å². The molecule has 98 valence electrons. The van der Waals surface area contributed by atoms with Gasteiger partial charge < -0.3 is 20.5 Å². The second-order valence-corrected chi connectivity index (χ2v) is 4.88. The van der Waals surface area contributed by atoms with E-state index >= 15 is 0 Å². The van der Waals surface area contributed by atoms with Gasteiger partial charge in [0.05, 0.1) is 5.54 Å². The maximum absolute atomic E-state index is 11.6. The minimum Gasteiger partial charge on any atom is -0.486 e. The molecule has 1 aromatic rings. The molecule has 1 aromatic carbocycles. The first-order chi connectivity index (χ1) is 8.47. The smallest absolute Gasteiger partial charge is 0.239 e. The third-order valence-electron chi connectivity index (χ3n) is 2.64. The molecule has 1 amide bonds. The van der Waals surface area contributed by atoms with E-state index in [2.05, 4.69) is 5.32 Å². The first-order valence-electron chi connectivity index (χ1n) is 5.92. The maximum atomic E-state index is 11.6. The van der Waals surface area contributed by atoms with Gasteiger partial charge in [0.25, 0.3) is 0 Å². The maximum Gasteiger partial charge on any atom is 0.239 e. The van der Waals surface area contributed by atoms with Crippen molar-refractivity contribution in [2.75, 3.05) is 13.2 Å². The fourth-order valence-corrected chi connectivity index (χ4v) is 1.61. The zero-order valence-corrected chi connectivity index (χ0v) is 10.7.